The van der Waals surface area contributed by atoms with E-state index >= 15 is 0 Å². The number of sulfonamides is 2. The van der Waals surface area contributed by atoms with E-state index in [0.717, 1.165) is 30.5 Å². The Hall–Kier alpha value is -3.18. The van der Waals surface area contributed by atoms with Crippen molar-refractivity contribution in [2.75, 3.05) is 27.1 Å². The molecule has 16 heteroatoms. The number of nitrogens with zero attached hydrogens (tertiary/aromatic N) is 1. The van der Waals surface area contributed by atoms with Crippen LogP contribution in [0, 0.1) is 0 Å². The van der Waals surface area contributed by atoms with E-state index in [1.807, 2.05) is 0 Å². The van der Waals surface area contributed by atoms with Gasteiger partial charge in [-0.15, -0.1) is 0 Å². The second kappa shape index (κ2) is 12.6. The standard InChI is InChI=1S/C26H25N3O9S3.Na/c1-3-29(18-12-10-17(11-13-18)27-39(2,32)33)26(31)23-15-14-21-22(25(23)30)8-5-9-24(21)28-40(34,35)19-6-4-7-20(16-19)41(36,37)38;/h4-16,27-28,30H,3H2,1-2H3,(H,36,37,38);/q;+1/p-1. The SMILES string of the molecule is CCN(C(=O)c1ccc2c(NS(=O)(=O)c3cccc(S(=O)(=O)O)c3)cccc2c1[O-])c1ccc(NS(C)(=O)=O)cc1.[Na+]. The number of carbonyl (C=O) groups is 1. The molecule has 0 bridgehead atoms. The minimum atomic E-state index is -4.65. The summed E-state index contributed by atoms with van der Waals surface area (Å²) in [6.07, 6.45) is 1.01. The van der Waals surface area contributed by atoms with Crippen molar-refractivity contribution in [2.45, 2.75) is 16.7 Å². The predicted molar refractivity (Wildman–Crippen MR) is 153 cm³/mol. The average Bonchev–Trinajstić information content (AvgIpc) is 2.89. The number of hydrogen-bond acceptors (Lipinski definition) is 8. The Labute approximate surface area is 265 Å². The van der Waals surface area contributed by atoms with Gasteiger partial charge in [0.2, 0.25) is 10.0 Å². The predicted octanol–water partition coefficient (Wildman–Crippen LogP) is 0.00310. The van der Waals surface area contributed by atoms with Crippen molar-refractivity contribution >= 4 is 63.9 Å². The van der Waals surface area contributed by atoms with E-state index in [2.05, 4.69) is 9.44 Å². The summed E-state index contributed by atoms with van der Waals surface area (Å²) in [5, 5.41) is 13.6. The first-order valence-corrected chi connectivity index (χ1v) is 16.6. The van der Waals surface area contributed by atoms with Crippen molar-refractivity contribution in [3.05, 3.63) is 84.4 Å². The third kappa shape index (κ3) is 7.42. The normalized spacial score (nSPS) is 11.9. The van der Waals surface area contributed by atoms with Crippen molar-refractivity contribution in [2.24, 2.45) is 0 Å². The minimum Gasteiger partial charge on any atom is -0.872 e. The molecule has 0 aliphatic rings. The van der Waals surface area contributed by atoms with Gasteiger partial charge in [0.25, 0.3) is 26.0 Å². The maximum Gasteiger partial charge on any atom is 1.00 e. The molecule has 0 atom stereocenters. The van der Waals surface area contributed by atoms with Gasteiger partial charge in [0.05, 0.1) is 21.7 Å². The van der Waals surface area contributed by atoms with Crippen LogP contribution in [-0.4, -0.2) is 48.5 Å². The zero-order valence-electron chi connectivity index (χ0n) is 22.6. The third-order valence-electron chi connectivity index (χ3n) is 5.94. The summed E-state index contributed by atoms with van der Waals surface area (Å²) in [4.78, 5) is 13.7. The molecule has 0 aliphatic heterocycles. The molecule has 0 aliphatic carbocycles. The molecule has 4 aromatic carbocycles. The van der Waals surface area contributed by atoms with Gasteiger partial charge >= 0.3 is 29.6 Å². The minimum absolute atomic E-state index is 0. The molecule has 0 radical (unpaired) electrons. The quantitative estimate of drug-likeness (QED) is 0.167. The summed E-state index contributed by atoms with van der Waals surface area (Å²) in [5.41, 5.74) is 0.565. The fourth-order valence-electron chi connectivity index (χ4n) is 4.11. The van der Waals surface area contributed by atoms with E-state index in [-0.39, 0.29) is 58.1 Å². The first kappa shape index (κ1) is 33.3. The van der Waals surface area contributed by atoms with Gasteiger partial charge in [0, 0.05) is 28.9 Å². The molecule has 42 heavy (non-hydrogen) atoms. The van der Waals surface area contributed by atoms with Gasteiger partial charge in [-0.2, -0.15) is 8.42 Å². The van der Waals surface area contributed by atoms with Crippen molar-refractivity contribution in [1.29, 1.82) is 0 Å². The van der Waals surface area contributed by atoms with Gasteiger partial charge in [-0.05, 0) is 66.9 Å². The van der Waals surface area contributed by atoms with E-state index in [1.54, 1.807) is 6.92 Å². The average molecular weight is 642 g/mol. The number of amides is 1. The van der Waals surface area contributed by atoms with E-state index in [0.29, 0.717) is 11.4 Å². The molecule has 3 N–H and O–H groups in total. The summed E-state index contributed by atoms with van der Waals surface area (Å²) < 4.78 is 85.7. The fraction of sp³-hybridized carbons (Fsp3) is 0.115. The van der Waals surface area contributed by atoms with E-state index < -0.39 is 51.6 Å². The van der Waals surface area contributed by atoms with Crippen molar-refractivity contribution < 1.29 is 69.3 Å². The van der Waals surface area contributed by atoms with Crippen LogP contribution in [0.25, 0.3) is 10.8 Å². The maximum absolute atomic E-state index is 13.4. The molecule has 0 aromatic heterocycles. The Balaban J connectivity index is 0.00000484. The van der Waals surface area contributed by atoms with E-state index in [4.69, 9.17) is 0 Å². The summed E-state index contributed by atoms with van der Waals surface area (Å²) in [7, 11) is -12.5. The molecule has 0 saturated heterocycles. The summed E-state index contributed by atoms with van der Waals surface area (Å²) in [6, 6.07) is 17.1. The van der Waals surface area contributed by atoms with Gasteiger partial charge < -0.3 is 10.0 Å². The molecule has 4 rings (SSSR count). The monoisotopic (exact) mass is 641 g/mol. The Morgan fingerprint density at radius 1 is 0.833 bits per heavy atom. The van der Waals surface area contributed by atoms with Crippen LogP contribution < -0.4 is 49.0 Å². The molecule has 1 amide bonds. The molecule has 0 saturated carbocycles. The topological polar surface area (TPSA) is 190 Å². The van der Waals surface area contributed by atoms with Crippen LogP contribution in [0.5, 0.6) is 5.75 Å². The summed E-state index contributed by atoms with van der Waals surface area (Å²) in [6.45, 7) is 1.90. The van der Waals surface area contributed by atoms with Crippen LogP contribution in [-0.2, 0) is 30.2 Å². The van der Waals surface area contributed by atoms with Crippen molar-refractivity contribution in [3.63, 3.8) is 0 Å². The molecule has 216 valence electrons. The Morgan fingerprint density at radius 2 is 1.45 bits per heavy atom. The largest absolute Gasteiger partial charge is 1.00 e. The molecule has 0 heterocycles. The Bertz CT molecular complexity index is 1980. The molecule has 0 unspecified atom stereocenters. The van der Waals surface area contributed by atoms with Gasteiger partial charge in [-0.25, -0.2) is 16.8 Å². The van der Waals surface area contributed by atoms with E-state index in [1.165, 1.54) is 59.5 Å². The van der Waals surface area contributed by atoms with Crippen LogP contribution in [0.1, 0.15) is 17.3 Å². The summed E-state index contributed by atoms with van der Waals surface area (Å²) in [5.74, 6) is -1.26. The van der Waals surface area contributed by atoms with Gasteiger partial charge in [0.15, 0.2) is 0 Å². The number of carbonyl (C=O) groups excluding carboxylic acids is 1. The number of anilines is 3. The number of fused-ring (bicyclic) bond motifs is 1. The molecule has 4 aromatic rings. The van der Waals surface area contributed by atoms with Crippen LogP contribution in [0.2, 0.25) is 0 Å². The fourth-order valence-corrected chi connectivity index (χ4v) is 6.40. The Morgan fingerprint density at radius 3 is 2.05 bits per heavy atom. The molecule has 0 fully saturated rings. The molecular formula is C26H24N3NaO9S3. The Kier molecular flexibility index (Phi) is 9.99. The second-order valence-electron chi connectivity index (χ2n) is 8.87. The zero-order chi connectivity index (χ0) is 30.2. The second-order valence-corrected chi connectivity index (χ2v) is 13.7. The zero-order valence-corrected chi connectivity index (χ0v) is 27.0. The number of rotatable bonds is 9. The van der Waals surface area contributed by atoms with Gasteiger partial charge in [-0.1, -0.05) is 30.0 Å². The van der Waals surface area contributed by atoms with Crippen LogP contribution in [0.4, 0.5) is 17.1 Å². The molecule has 0 spiro atoms. The van der Waals surface area contributed by atoms with Gasteiger partial charge in [0.1, 0.15) is 0 Å². The van der Waals surface area contributed by atoms with Crippen molar-refractivity contribution in [1.82, 2.24) is 0 Å². The maximum atomic E-state index is 13.4. The number of benzene rings is 4. The third-order valence-corrected chi connectivity index (χ3v) is 8.76. The van der Waals surface area contributed by atoms with Crippen LogP contribution >= 0.6 is 0 Å². The van der Waals surface area contributed by atoms with Crippen LogP contribution in [0.3, 0.4) is 0 Å². The number of hydrogen-bond donors (Lipinski definition) is 3. The van der Waals surface area contributed by atoms with E-state index in [9.17, 15) is 39.7 Å². The van der Waals surface area contributed by atoms with Crippen molar-refractivity contribution in [3.8, 4) is 5.75 Å². The molecule has 12 nitrogen and oxygen atoms in total. The smallest absolute Gasteiger partial charge is 0.872 e. The first-order chi connectivity index (χ1) is 19.1. The van der Waals surface area contributed by atoms with Crippen LogP contribution in [0.15, 0.2) is 88.7 Å². The molecular weight excluding hydrogens is 617 g/mol. The first-order valence-electron chi connectivity index (χ1n) is 11.8. The number of nitrogens with one attached hydrogen (secondary N) is 2. The van der Waals surface area contributed by atoms with Gasteiger partial charge in [-0.3, -0.25) is 18.8 Å². The summed E-state index contributed by atoms with van der Waals surface area (Å²) >= 11 is 0.